The van der Waals surface area contributed by atoms with Crippen LogP contribution in [0.5, 0.6) is 0 Å². The molecule has 1 aliphatic rings. The van der Waals surface area contributed by atoms with Crippen LogP contribution in [-0.4, -0.2) is 82.0 Å². The normalized spacial score (nSPS) is 18.5. The molecule has 0 aromatic carbocycles. The predicted molar refractivity (Wildman–Crippen MR) is 102 cm³/mol. The van der Waals surface area contributed by atoms with Gasteiger partial charge in [-0.1, -0.05) is 6.07 Å². The first kappa shape index (κ1) is 19.2. The average molecular weight is 373 g/mol. The van der Waals surface area contributed by atoms with Crippen LogP contribution in [0.25, 0.3) is 0 Å². The number of guanidine groups is 1. The zero-order valence-corrected chi connectivity index (χ0v) is 16.2. The van der Waals surface area contributed by atoms with Crippen molar-refractivity contribution in [2.75, 3.05) is 57.8 Å². The van der Waals surface area contributed by atoms with Crippen molar-refractivity contribution in [2.45, 2.75) is 13.3 Å². The summed E-state index contributed by atoms with van der Waals surface area (Å²) in [6.45, 7) is 6.58. The van der Waals surface area contributed by atoms with Gasteiger partial charge in [-0.15, -0.1) is 11.3 Å². The summed E-state index contributed by atoms with van der Waals surface area (Å²) >= 11 is 1.78. The Kier molecular flexibility index (Phi) is 7.51. The monoisotopic (exact) mass is 372 g/mol. The SMILES string of the molecule is CCNC(=NCCN1CCS(=O)(=O)CC1)N(C)CCc1cccs1. The Morgan fingerprint density at radius 3 is 2.79 bits per heavy atom. The number of aliphatic imine (C=N–C) groups is 1. The van der Waals surface area contributed by atoms with Crippen LogP contribution in [0.3, 0.4) is 0 Å². The highest BCUT2D eigenvalue weighted by molar-refractivity contribution is 7.91. The van der Waals surface area contributed by atoms with E-state index in [1.807, 2.05) is 0 Å². The molecule has 8 heteroatoms. The van der Waals surface area contributed by atoms with Gasteiger partial charge in [-0.05, 0) is 24.8 Å². The van der Waals surface area contributed by atoms with Crippen LogP contribution in [0.15, 0.2) is 22.5 Å². The maximum Gasteiger partial charge on any atom is 0.193 e. The lowest BCUT2D eigenvalue weighted by Gasteiger charge is -2.26. The smallest absolute Gasteiger partial charge is 0.193 e. The average Bonchev–Trinajstić information content (AvgIpc) is 3.07. The number of thiophene rings is 1. The molecular formula is C16H28N4O2S2. The van der Waals surface area contributed by atoms with Crippen molar-refractivity contribution in [2.24, 2.45) is 4.99 Å². The van der Waals surface area contributed by atoms with Crippen molar-refractivity contribution in [3.8, 4) is 0 Å². The van der Waals surface area contributed by atoms with Gasteiger partial charge >= 0.3 is 0 Å². The van der Waals surface area contributed by atoms with Gasteiger partial charge in [0.25, 0.3) is 0 Å². The van der Waals surface area contributed by atoms with Crippen molar-refractivity contribution in [3.63, 3.8) is 0 Å². The van der Waals surface area contributed by atoms with Crippen LogP contribution >= 0.6 is 11.3 Å². The molecule has 0 amide bonds. The van der Waals surface area contributed by atoms with E-state index in [0.29, 0.717) is 19.6 Å². The largest absolute Gasteiger partial charge is 0.357 e. The minimum atomic E-state index is -2.81. The molecule has 2 rings (SSSR count). The minimum Gasteiger partial charge on any atom is -0.357 e. The lowest BCUT2D eigenvalue weighted by molar-refractivity contribution is 0.303. The van der Waals surface area contributed by atoms with Crippen LogP contribution in [0.4, 0.5) is 0 Å². The first-order valence-corrected chi connectivity index (χ1v) is 11.1. The standard InChI is InChI=1S/C16H28N4O2S2/c1-3-17-16(19(2)8-6-15-5-4-12-23-15)18-7-9-20-10-13-24(21,22)14-11-20/h4-5,12H,3,6-11,13-14H2,1-2H3,(H,17,18). The van der Waals surface area contributed by atoms with Gasteiger partial charge in [0.2, 0.25) is 0 Å². The molecule has 24 heavy (non-hydrogen) atoms. The van der Waals surface area contributed by atoms with E-state index in [2.05, 4.69) is 51.6 Å². The van der Waals surface area contributed by atoms with E-state index in [4.69, 9.17) is 0 Å². The molecule has 2 heterocycles. The summed E-state index contributed by atoms with van der Waals surface area (Å²) in [5, 5.41) is 5.43. The van der Waals surface area contributed by atoms with E-state index in [1.165, 1.54) is 4.88 Å². The topological polar surface area (TPSA) is 65.0 Å². The third-order valence-corrected chi connectivity index (χ3v) is 6.63. The van der Waals surface area contributed by atoms with Crippen LogP contribution in [0.2, 0.25) is 0 Å². The van der Waals surface area contributed by atoms with Gasteiger partial charge < -0.3 is 10.2 Å². The number of sulfone groups is 1. The number of likely N-dealkylation sites (N-methyl/N-ethyl adjacent to an activating group) is 1. The molecule has 1 N–H and O–H groups in total. The Morgan fingerprint density at radius 1 is 1.42 bits per heavy atom. The molecule has 0 radical (unpaired) electrons. The van der Waals surface area contributed by atoms with E-state index in [1.54, 1.807) is 11.3 Å². The molecular weight excluding hydrogens is 344 g/mol. The molecule has 0 atom stereocenters. The Morgan fingerprint density at radius 2 is 2.17 bits per heavy atom. The maximum absolute atomic E-state index is 11.5. The van der Waals surface area contributed by atoms with E-state index in [0.717, 1.165) is 32.0 Å². The molecule has 1 fully saturated rings. The summed E-state index contributed by atoms with van der Waals surface area (Å²) in [6, 6.07) is 4.24. The molecule has 1 aromatic heterocycles. The number of hydrogen-bond donors (Lipinski definition) is 1. The number of nitrogens with zero attached hydrogens (tertiary/aromatic N) is 3. The predicted octanol–water partition coefficient (Wildman–Crippen LogP) is 0.918. The van der Waals surface area contributed by atoms with E-state index >= 15 is 0 Å². The van der Waals surface area contributed by atoms with E-state index in [-0.39, 0.29) is 11.5 Å². The molecule has 0 unspecified atom stereocenters. The summed E-state index contributed by atoms with van der Waals surface area (Å²) in [6.07, 6.45) is 1.02. The lowest BCUT2D eigenvalue weighted by Crippen LogP contribution is -2.42. The van der Waals surface area contributed by atoms with Gasteiger partial charge in [0.1, 0.15) is 0 Å². The first-order chi connectivity index (χ1) is 11.5. The molecule has 0 spiro atoms. The number of nitrogens with one attached hydrogen (secondary N) is 1. The Bertz CT molecular complexity index is 600. The summed E-state index contributed by atoms with van der Waals surface area (Å²) < 4.78 is 22.9. The first-order valence-electron chi connectivity index (χ1n) is 8.45. The van der Waals surface area contributed by atoms with Crippen LogP contribution in [0.1, 0.15) is 11.8 Å². The molecule has 6 nitrogen and oxygen atoms in total. The summed E-state index contributed by atoms with van der Waals surface area (Å²) in [7, 11) is -0.747. The zero-order valence-electron chi connectivity index (χ0n) is 14.6. The van der Waals surface area contributed by atoms with Crippen molar-refractivity contribution in [3.05, 3.63) is 22.4 Å². The zero-order chi connectivity index (χ0) is 17.4. The molecule has 0 aliphatic carbocycles. The van der Waals surface area contributed by atoms with Crippen LogP contribution in [-0.2, 0) is 16.3 Å². The van der Waals surface area contributed by atoms with Crippen molar-refractivity contribution in [1.82, 2.24) is 15.1 Å². The minimum absolute atomic E-state index is 0.275. The van der Waals surface area contributed by atoms with Crippen LogP contribution < -0.4 is 5.32 Å². The van der Waals surface area contributed by atoms with Crippen molar-refractivity contribution < 1.29 is 8.42 Å². The third kappa shape index (κ3) is 6.41. The lowest BCUT2D eigenvalue weighted by atomic mass is 10.3. The highest BCUT2D eigenvalue weighted by atomic mass is 32.2. The maximum atomic E-state index is 11.5. The Balaban J connectivity index is 1.79. The van der Waals surface area contributed by atoms with E-state index < -0.39 is 9.84 Å². The summed E-state index contributed by atoms with van der Waals surface area (Å²) in [5.41, 5.74) is 0. The fourth-order valence-corrected chi connectivity index (χ4v) is 4.55. The molecule has 1 aromatic rings. The molecule has 136 valence electrons. The summed E-state index contributed by atoms with van der Waals surface area (Å²) in [5.74, 6) is 1.47. The second-order valence-electron chi connectivity index (χ2n) is 5.98. The Hall–Kier alpha value is -1.12. The number of rotatable bonds is 7. The second-order valence-corrected chi connectivity index (χ2v) is 9.32. The van der Waals surface area contributed by atoms with Gasteiger partial charge in [-0.25, -0.2) is 8.42 Å². The molecule has 1 aliphatic heterocycles. The van der Waals surface area contributed by atoms with Crippen molar-refractivity contribution in [1.29, 1.82) is 0 Å². The van der Waals surface area contributed by atoms with Gasteiger partial charge in [0.05, 0.1) is 18.1 Å². The fourth-order valence-electron chi connectivity index (χ4n) is 2.58. The van der Waals surface area contributed by atoms with E-state index in [9.17, 15) is 8.42 Å². The fraction of sp³-hybridized carbons (Fsp3) is 0.688. The van der Waals surface area contributed by atoms with Gasteiger partial charge in [0, 0.05) is 44.6 Å². The van der Waals surface area contributed by atoms with Gasteiger partial charge in [-0.3, -0.25) is 9.89 Å². The summed E-state index contributed by atoms with van der Waals surface area (Å²) in [4.78, 5) is 10.4. The van der Waals surface area contributed by atoms with Gasteiger partial charge in [0.15, 0.2) is 15.8 Å². The van der Waals surface area contributed by atoms with Crippen molar-refractivity contribution >= 4 is 27.1 Å². The molecule has 0 saturated carbocycles. The van der Waals surface area contributed by atoms with Crippen LogP contribution in [0, 0.1) is 0 Å². The highest BCUT2D eigenvalue weighted by Gasteiger charge is 2.20. The van der Waals surface area contributed by atoms with Gasteiger partial charge in [-0.2, -0.15) is 0 Å². The molecule has 1 saturated heterocycles. The second kappa shape index (κ2) is 9.39. The quantitative estimate of drug-likeness (QED) is 0.570. The Labute approximate surface area is 149 Å². The highest BCUT2D eigenvalue weighted by Crippen LogP contribution is 2.09. The number of hydrogen-bond acceptors (Lipinski definition) is 5. The molecule has 0 bridgehead atoms. The third-order valence-electron chi connectivity index (χ3n) is 4.09.